The second kappa shape index (κ2) is 8.36. The van der Waals surface area contributed by atoms with Crippen LogP contribution in [0.5, 0.6) is 5.75 Å². The first-order valence-corrected chi connectivity index (χ1v) is 10.4. The fourth-order valence-corrected chi connectivity index (χ4v) is 4.12. The average Bonchev–Trinajstić information content (AvgIpc) is 3.15. The SMILES string of the molecule is CC(=O)N1CC(n2cc(-c3cnc(N)c(OC(C)c4c(Cl)ccc(F)c4Cl)c3)cn2)C1. The molecule has 0 radical (unpaired) electrons. The van der Waals surface area contributed by atoms with Crippen molar-refractivity contribution in [2.75, 3.05) is 18.8 Å². The maximum Gasteiger partial charge on any atom is 0.219 e. The Balaban J connectivity index is 1.55. The number of pyridine rings is 1. The lowest BCUT2D eigenvalue weighted by atomic mass is 10.1. The first-order chi connectivity index (χ1) is 14.7. The normalized spacial score (nSPS) is 14.9. The Morgan fingerprint density at radius 1 is 1.29 bits per heavy atom. The molecule has 0 spiro atoms. The number of carbonyl (C=O) groups is 1. The number of hydrogen-bond donors (Lipinski definition) is 1. The summed E-state index contributed by atoms with van der Waals surface area (Å²) in [7, 11) is 0. The van der Waals surface area contributed by atoms with Crippen LogP contribution in [0.3, 0.4) is 0 Å². The van der Waals surface area contributed by atoms with Gasteiger partial charge in [-0.1, -0.05) is 23.2 Å². The quantitative estimate of drug-likeness (QED) is 0.562. The Bertz CT molecular complexity index is 1150. The Morgan fingerprint density at radius 2 is 2.03 bits per heavy atom. The number of aromatic nitrogens is 3. The predicted molar refractivity (Wildman–Crippen MR) is 117 cm³/mol. The van der Waals surface area contributed by atoms with Gasteiger partial charge in [0.15, 0.2) is 11.6 Å². The molecule has 2 aromatic heterocycles. The highest BCUT2D eigenvalue weighted by molar-refractivity contribution is 6.36. The smallest absolute Gasteiger partial charge is 0.219 e. The van der Waals surface area contributed by atoms with Crippen LogP contribution in [0, 0.1) is 5.82 Å². The van der Waals surface area contributed by atoms with E-state index in [0.717, 1.165) is 11.1 Å². The van der Waals surface area contributed by atoms with Gasteiger partial charge in [0, 0.05) is 54.1 Å². The van der Waals surface area contributed by atoms with Crippen molar-refractivity contribution in [1.29, 1.82) is 0 Å². The van der Waals surface area contributed by atoms with Gasteiger partial charge in [0.05, 0.1) is 17.3 Å². The number of nitrogens with two attached hydrogens (primary N) is 1. The molecule has 4 rings (SSSR count). The summed E-state index contributed by atoms with van der Waals surface area (Å²) in [5.41, 5.74) is 7.91. The largest absolute Gasteiger partial charge is 0.482 e. The number of nitrogen functional groups attached to an aromatic ring is 1. The number of anilines is 1. The minimum absolute atomic E-state index is 0.0563. The summed E-state index contributed by atoms with van der Waals surface area (Å²) in [5, 5.41) is 4.61. The van der Waals surface area contributed by atoms with Crippen LogP contribution >= 0.6 is 23.2 Å². The Labute approximate surface area is 188 Å². The monoisotopic (exact) mass is 463 g/mol. The molecule has 10 heteroatoms. The summed E-state index contributed by atoms with van der Waals surface area (Å²) in [6, 6.07) is 4.52. The summed E-state index contributed by atoms with van der Waals surface area (Å²) in [4.78, 5) is 17.3. The molecule has 0 aliphatic carbocycles. The van der Waals surface area contributed by atoms with Crippen LogP contribution in [0.25, 0.3) is 11.1 Å². The zero-order chi connectivity index (χ0) is 22.3. The van der Waals surface area contributed by atoms with Gasteiger partial charge in [-0.15, -0.1) is 0 Å². The standard InChI is InChI=1S/C21H20Cl2FN5O2/c1-11(19-16(22)3-4-17(24)20(19)23)31-18-5-13(6-26-21(18)25)14-7-27-29(8-14)15-9-28(10-15)12(2)30/h3-8,11,15H,9-10H2,1-2H3,(H2,25,26). The molecule has 3 heterocycles. The lowest BCUT2D eigenvalue weighted by Gasteiger charge is -2.38. The first kappa shape index (κ1) is 21.4. The minimum Gasteiger partial charge on any atom is -0.482 e. The summed E-state index contributed by atoms with van der Waals surface area (Å²) in [6.07, 6.45) is 4.57. The summed E-state index contributed by atoms with van der Waals surface area (Å²) in [6.45, 7) is 4.53. The van der Waals surface area contributed by atoms with Crippen LogP contribution in [0.2, 0.25) is 10.0 Å². The predicted octanol–water partition coefficient (Wildman–Crippen LogP) is 4.52. The Hall–Kier alpha value is -2.84. The van der Waals surface area contributed by atoms with E-state index < -0.39 is 11.9 Å². The third kappa shape index (κ3) is 4.18. The summed E-state index contributed by atoms with van der Waals surface area (Å²) in [5.74, 6) is -0.0211. The zero-order valence-corrected chi connectivity index (χ0v) is 18.4. The number of hydrogen-bond acceptors (Lipinski definition) is 5. The topological polar surface area (TPSA) is 86.3 Å². The molecule has 1 aliphatic rings. The Kier molecular flexibility index (Phi) is 5.77. The van der Waals surface area contributed by atoms with Gasteiger partial charge in [-0.25, -0.2) is 9.37 Å². The molecule has 0 saturated carbocycles. The lowest BCUT2D eigenvalue weighted by molar-refractivity contribution is -0.134. The van der Waals surface area contributed by atoms with Crippen molar-refractivity contribution in [2.24, 2.45) is 0 Å². The van der Waals surface area contributed by atoms with E-state index in [1.807, 2.05) is 10.9 Å². The van der Waals surface area contributed by atoms with Crippen LogP contribution in [0.15, 0.2) is 36.8 Å². The van der Waals surface area contributed by atoms with Gasteiger partial charge >= 0.3 is 0 Å². The van der Waals surface area contributed by atoms with Crippen LogP contribution < -0.4 is 10.5 Å². The van der Waals surface area contributed by atoms with E-state index in [-0.39, 0.29) is 22.8 Å². The molecular formula is C21H20Cl2FN5O2. The molecule has 0 bridgehead atoms. The maximum atomic E-state index is 13.9. The summed E-state index contributed by atoms with van der Waals surface area (Å²) >= 11 is 12.3. The third-order valence-electron chi connectivity index (χ3n) is 5.29. The van der Waals surface area contributed by atoms with E-state index in [2.05, 4.69) is 10.1 Å². The number of carbonyl (C=O) groups excluding carboxylic acids is 1. The number of likely N-dealkylation sites (tertiary alicyclic amines) is 1. The Morgan fingerprint density at radius 3 is 2.74 bits per heavy atom. The fraction of sp³-hybridized carbons (Fsp3) is 0.286. The average molecular weight is 464 g/mol. The van der Waals surface area contributed by atoms with Gasteiger partial charge in [0.2, 0.25) is 5.91 Å². The lowest BCUT2D eigenvalue weighted by Crippen LogP contribution is -2.49. The van der Waals surface area contributed by atoms with E-state index in [1.54, 1.807) is 37.2 Å². The number of benzene rings is 1. The van der Waals surface area contributed by atoms with Crippen LogP contribution in [-0.2, 0) is 4.79 Å². The van der Waals surface area contributed by atoms with E-state index >= 15 is 0 Å². The number of nitrogens with zero attached hydrogens (tertiary/aromatic N) is 4. The molecule has 1 aliphatic heterocycles. The van der Waals surface area contributed by atoms with Gasteiger partial charge in [-0.05, 0) is 25.1 Å². The van der Waals surface area contributed by atoms with Crippen LogP contribution in [-0.4, -0.2) is 38.7 Å². The van der Waals surface area contributed by atoms with Gasteiger partial charge in [0.1, 0.15) is 11.9 Å². The van der Waals surface area contributed by atoms with Crippen molar-refractivity contribution >= 4 is 34.9 Å². The molecule has 162 valence electrons. The van der Waals surface area contributed by atoms with Crippen LogP contribution in [0.4, 0.5) is 10.2 Å². The van der Waals surface area contributed by atoms with Crippen molar-refractivity contribution in [1.82, 2.24) is 19.7 Å². The fourth-order valence-electron chi connectivity index (χ4n) is 3.44. The van der Waals surface area contributed by atoms with Gasteiger partial charge in [0.25, 0.3) is 0 Å². The molecule has 1 fully saturated rings. The van der Waals surface area contributed by atoms with Crippen molar-refractivity contribution in [3.8, 4) is 16.9 Å². The number of halogens is 3. The molecular weight excluding hydrogens is 444 g/mol. The minimum atomic E-state index is -0.662. The number of ether oxygens (including phenoxy) is 1. The van der Waals surface area contributed by atoms with Crippen molar-refractivity contribution in [3.05, 3.63) is 58.2 Å². The van der Waals surface area contributed by atoms with Crippen molar-refractivity contribution in [2.45, 2.75) is 26.0 Å². The van der Waals surface area contributed by atoms with Gasteiger partial charge < -0.3 is 15.4 Å². The van der Waals surface area contributed by atoms with E-state index in [9.17, 15) is 9.18 Å². The highest BCUT2D eigenvalue weighted by atomic mass is 35.5. The number of amides is 1. The summed E-state index contributed by atoms with van der Waals surface area (Å²) < 4.78 is 21.7. The molecule has 3 aromatic rings. The molecule has 31 heavy (non-hydrogen) atoms. The molecule has 1 unspecified atom stereocenters. The zero-order valence-electron chi connectivity index (χ0n) is 16.8. The molecule has 7 nitrogen and oxygen atoms in total. The van der Waals surface area contributed by atoms with Crippen molar-refractivity contribution in [3.63, 3.8) is 0 Å². The molecule has 2 N–H and O–H groups in total. The molecule has 1 atom stereocenters. The van der Waals surface area contributed by atoms with Gasteiger partial charge in [-0.2, -0.15) is 5.10 Å². The molecule has 1 aromatic carbocycles. The third-order valence-corrected chi connectivity index (χ3v) is 6.00. The second-order valence-corrected chi connectivity index (χ2v) is 8.20. The van der Waals surface area contributed by atoms with Gasteiger partial charge in [-0.3, -0.25) is 9.48 Å². The molecule has 1 saturated heterocycles. The van der Waals surface area contributed by atoms with E-state index in [1.165, 1.54) is 12.1 Å². The van der Waals surface area contributed by atoms with E-state index in [4.69, 9.17) is 33.7 Å². The van der Waals surface area contributed by atoms with E-state index in [0.29, 0.717) is 29.4 Å². The van der Waals surface area contributed by atoms with Crippen LogP contribution in [0.1, 0.15) is 31.6 Å². The molecule has 1 amide bonds. The highest BCUT2D eigenvalue weighted by Gasteiger charge is 2.30. The number of rotatable bonds is 5. The second-order valence-electron chi connectivity index (χ2n) is 7.41. The first-order valence-electron chi connectivity index (χ1n) is 9.60. The maximum absolute atomic E-state index is 13.9. The van der Waals surface area contributed by atoms with Crippen molar-refractivity contribution < 1.29 is 13.9 Å². The highest BCUT2D eigenvalue weighted by Crippen LogP contribution is 2.37.